The normalized spacial score (nSPS) is 20.5. The van der Waals surface area contributed by atoms with E-state index in [1.807, 2.05) is 0 Å². The van der Waals surface area contributed by atoms with Crippen molar-refractivity contribution in [1.82, 2.24) is 10.2 Å². The molecule has 0 aromatic heterocycles. The summed E-state index contributed by atoms with van der Waals surface area (Å²) in [5.74, 6) is 0. The zero-order valence-corrected chi connectivity index (χ0v) is 14.7. The van der Waals surface area contributed by atoms with Gasteiger partial charge in [0.15, 0.2) is 0 Å². The van der Waals surface area contributed by atoms with Gasteiger partial charge in [-0.3, -0.25) is 0 Å². The van der Waals surface area contributed by atoms with Crippen molar-refractivity contribution in [2.45, 2.75) is 53.5 Å². The number of nitrogens with one attached hydrogen (secondary N) is 1. The summed E-state index contributed by atoms with van der Waals surface area (Å²) >= 11 is 0. The Hall–Kier alpha value is -0.860. The molecule has 0 saturated carbocycles. The Morgan fingerprint density at radius 2 is 1.81 bits per heavy atom. The Labute approximate surface area is 130 Å². The van der Waals surface area contributed by atoms with Crippen molar-refractivity contribution in [3.63, 3.8) is 0 Å². The van der Waals surface area contributed by atoms with E-state index in [4.69, 9.17) is 0 Å². The zero-order chi connectivity index (χ0) is 15.6. The summed E-state index contributed by atoms with van der Waals surface area (Å²) in [7, 11) is 2.10. The number of hydrogen-bond donors (Lipinski definition) is 1. The Bertz CT molecular complexity index is 467. The van der Waals surface area contributed by atoms with Crippen LogP contribution in [0, 0.1) is 26.2 Å². The molecule has 0 bridgehead atoms. The molecule has 2 heteroatoms. The lowest BCUT2D eigenvalue weighted by atomic mass is 9.83. The first-order valence-electron chi connectivity index (χ1n) is 8.30. The van der Waals surface area contributed by atoms with Crippen molar-refractivity contribution in [3.05, 3.63) is 34.4 Å². The fourth-order valence-corrected chi connectivity index (χ4v) is 4.03. The van der Waals surface area contributed by atoms with E-state index >= 15 is 0 Å². The molecule has 118 valence electrons. The van der Waals surface area contributed by atoms with Gasteiger partial charge in [0.1, 0.15) is 0 Å². The molecular formula is C19H32N2. The van der Waals surface area contributed by atoms with Crippen LogP contribution in [0.3, 0.4) is 0 Å². The van der Waals surface area contributed by atoms with Gasteiger partial charge in [-0.15, -0.1) is 0 Å². The molecule has 1 fully saturated rings. The second-order valence-corrected chi connectivity index (χ2v) is 7.66. The van der Waals surface area contributed by atoms with Crippen LogP contribution in [0.15, 0.2) is 12.1 Å². The first kappa shape index (κ1) is 16.5. The highest BCUT2D eigenvalue weighted by molar-refractivity contribution is 5.39. The molecule has 1 atom stereocenters. The molecule has 21 heavy (non-hydrogen) atoms. The van der Waals surface area contributed by atoms with Gasteiger partial charge in [-0.1, -0.05) is 31.5 Å². The van der Waals surface area contributed by atoms with Gasteiger partial charge in [-0.2, -0.15) is 0 Å². The minimum atomic E-state index is 0.430. The van der Waals surface area contributed by atoms with Gasteiger partial charge in [0.2, 0.25) is 0 Å². The molecule has 2 nitrogen and oxygen atoms in total. The molecule has 0 spiro atoms. The van der Waals surface area contributed by atoms with Crippen LogP contribution >= 0.6 is 0 Å². The predicted molar refractivity (Wildman–Crippen MR) is 91.9 cm³/mol. The van der Waals surface area contributed by atoms with E-state index in [9.17, 15) is 0 Å². The van der Waals surface area contributed by atoms with Gasteiger partial charge >= 0.3 is 0 Å². The van der Waals surface area contributed by atoms with Crippen molar-refractivity contribution in [1.29, 1.82) is 0 Å². The molecule has 1 aliphatic rings. The SMILES string of the molecule is CNC(CN1CCCC(C)(C)C1)c1c(C)cc(C)cc1C. The van der Waals surface area contributed by atoms with Gasteiger partial charge in [0, 0.05) is 19.1 Å². The maximum atomic E-state index is 3.55. The zero-order valence-electron chi connectivity index (χ0n) is 14.7. The van der Waals surface area contributed by atoms with E-state index in [2.05, 4.69) is 64.0 Å². The molecule has 1 aromatic rings. The summed E-state index contributed by atoms with van der Waals surface area (Å²) in [6.07, 6.45) is 2.69. The Morgan fingerprint density at radius 1 is 1.19 bits per heavy atom. The van der Waals surface area contributed by atoms with E-state index in [-0.39, 0.29) is 0 Å². The second kappa shape index (κ2) is 6.50. The van der Waals surface area contributed by atoms with Gasteiger partial charge in [0.05, 0.1) is 0 Å². The van der Waals surface area contributed by atoms with Crippen LogP contribution in [-0.4, -0.2) is 31.6 Å². The summed E-state index contributed by atoms with van der Waals surface area (Å²) in [5, 5.41) is 3.55. The molecule has 1 saturated heterocycles. The number of likely N-dealkylation sites (tertiary alicyclic amines) is 1. The fourth-order valence-electron chi connectivity index (χ4n) is 4.03. The molecule has 1 aliphatic heterocycles. The van der Waals surface area contributed by atoms with Crippen molar-refractivity contribution < 1.29 is 0 Å². The first-order valence-corrected chi connectivity index (χ1v) is 8.30. The lowest BCUT2D eigenvalue weighted by Crippen LogP contribution is -2.44. The number of benzene rings is 1. The highest BCUT2D eigenvalue weighted by Gasteiger charge is 2.28. The fraction of sp³-hybridized carbons (Fsp3) is 0.684. The van der Waals surface area contributed by atoms with Crippen LogP contribution in [0.5, 0.6) is 0 Å². The van der Waals surface area contributed by atoms with Gasteiger partial charge in [0.25, 0.3) is 0 Å². The third-order valence-electron chi connectivity index (χ3n) is 4.86. The molecule has 2 rings (SSSR count). The van der Waals surface area contributed by atoms with Crippen LogP contribution in [-0.2, 0) is 0 Å². The van der Waals surface area contributed by atoms with E-state index in [0.29, 0.717) is 11.5 Å². The summed E-state index contributed by atoms with van der Waals surface area (Å²) in [4.78, 5) is 2.64. The second-order valence-electron chi connectivity index (χ2n) is 7.66. The summed E-state index contributed by atoms with van der Waals surface area (Å²) in [6, 6.07) is 5.05. The van der Waals surface area contributed by atoms with Crippen molar-refractivity contribution in [3.8, 4) is 0 Å². The third-order valence-corrected chi connectivity index (χ3v) is 4.86. The first-order chi connectivity index (χ1) is 9.82. The standard InChI is InChI=1S/C19H32N2/c1-14-10-15(2)18(16(3)11-14)17(20-6)12-21-9-7-8-19(4,5)13-21/h10-11,17,20H,7-9,12-13H2,1-6H3. The number of piperidine rings is 1. The largest absolute Gasteiger partial charge is 0.312 e. The average Bonchev–Trinajstić information content (AvgIpc) is 2.35. The number of rotatable bonds is 4. The summed E-state index contributed by atoms with van der Waals surface area (Å²) in [5.41, 5.74) is 6.16. The van der Waals surface area contributed by atoms with E-state index in [0.717, 1.165) is 6.54 Å². The molecular weight excluding hydrogens is 256 g/mol. The monoisotopic (exact) mass is 288 g/mol. The van der Waals surface area contributed by atoms with Crippen LogP contribution in [0.2, 0.25) is 0 Å². The highest BCUT2D eigenvalue weighted by atomic mass is 15.2. The maximum Gasteiger partial charge on any atom is 0.0452 e. The minimum Gasteiger partial charge on any atom is -0.312 e. The third kappa shape index (κ3) is 4.08. The van der Waals surface area contributed by atoms with Gasteiger partial charge in [-0.25, -0.2) is 0 Å². The number of hydrogen-bond acceptors (Lipinski definition) is 2. The smallest absolute Gasteiger partial charge is 0.0452 e. The number of nitrogens with zero attached hydrogens (tertiary/aromatic N) is 1. The summed E-state index contributed by atoms with van der Waals surface area (Å²) in [6.45, 7) is 15.1. The predicted octanol–water partition coefficient (Wildman–Crippen LogP) is 3.99. The molecule has 1 N–H and O–H groups in total. The molecule has 0 aliphatic carbocycles. The topological polar surface area (TPSA) is 15.3 Å². The van der Waals surface area contributed by atoms with Crippen molar-refractivity contribution >= 4 is 0 Å². The minimum absolute atomic E-state index is 0.430. The molecule has 1 aromatic carbocycles. The quantitative estimate of drug-likeness (QED) is 0.901. The van der Waals surface area contributed by atoms with E-state index < -0.39 is 0 Å². The molecule has 1 heterocycles. The van der Waals surface area contributed by atoms with Crippen LogP contribution in [0.25, 0.3) is 0 Å². The number of aryl methyl sites for hydroxylation is 3. The van der Waals surface area contributed by atoms with Gasteiger partial charge < -0.3 is 10.2 Å². The molecule has 0 amide bonds. The highest BCUT2D eigenvalue weighted by Crippen LogP contribution is 2.30. The van der Waals surface area contributed by atoms with Crippen molar-refractivity contribution in [2.75, 3.05) is 26.7 Å². The lowest BCUT2D eigenvalue weighted by molar-refractivity contribution is 0.108. The Morgan fingerprint density at radius 3 is 2.33 bits per heavy atom. The Kier molecular flexibility index (Phi) is 5.11. The Balaban J connectivity index is 2.17. The number of likely N-dealkylation sites (N-methyl/N-ethyl adjacent to an activating group) is 1. The average molecular weight is 288 g/mol. The molecule has 1 unspecified atom stereocenters. The van der Waals surface area contributed by atoms with Crippen molar-refractivity contribution in [2.24, 2.45) is 5.41 Å². The van der Waals surface area contributed by atoms with Crippen LogP contribution < -0.4 is 5.32 Å². The van der Waals surface area contributed by atoms with Gasteiger partial charge in [-0.05, 0) is 69.3 Å². The van der Waals surface area contributed by atoms with Crippen LogP contribution in [0.1, 0.15) is 55.0 Å². The maximum absolute atomic E-state index is 3.55. The van der Waals surface area contributed by atoms with E-state index in [1.165, 1.54) is 48.2 Å². The lowest BCUT2D eigenvalue weighted by Gasteiger charge is -2.40. The van der Waals surface area contributed by atoms with E-state index in [1.54, 1.807) is 0 Å². The molecule has 0 radical (unpaired) electrons. The summed E-state index contributed by atoms with van der Waals surface area (Å²) < 4.78 is 0. The van der Waals surface area contributed by atoms with Crippen LogP contribution in [0.4, 0.5) is 0 Å².